The van der Waals surface area contributed by atoms with Gasteiger partial charge in [0.15, 0.2) is 11.5 Å². The van der Waals surface area contributed by atoms with Crippen molar-refractivity contribution in [3.8, 4) is 11.5 Å². The lowest BCUT2D eigenvalue weighted by Gasteiger charge is -2.45. The molecule has 82 valence electrons. The number of ether oxygens (including phenoxy) is 2. The number of rotatable bonds is 0. The van der Waals surface area contributed by atoms with Gasteiger partial charge in [0.2, 0.25) is 0 Å². The van der Waals surface area contributed by atoms with Crippen molar-refractivity contribution in [1.82, 2.24) is 0 Å². The van der Waals surface area contributed by atoms with Crippen molar-refractivity contribution in [2.24, 2.45) is 0 Å². The quantitative estimate of drug-likeness (QED) is 0.648. The second kappa shape index (κ2) is 2.91. The highest BCUT2D eigenvalue weighted by Crippen LogP contribution is 2.43. The largest absolute Gasteiger partial charge is 0.480 e. The maximum Gasteiger partial charge on any atom is 0.162 e. The van der Waals surface area contributed by atoms with Gasteiger partial charge in [-0.3, -0.25) is 0 Å². The van der Waals surface area contributed by atoms with Crippen molar-refractivity contribution < 1.29 is 9.47 Å². The highest BCUT2D eigenvalue weighted by molar-refractivity contribution is 5.45. The number of fused-ring (bicyclic) bond motifs is 1. The lowest BCUT2D eigenvalue weighted by molar-refractivity contribution is -0.0991. The predicted molar refractivity (Wildman–Crippen MR) is 60.6 cm³/mol. The van der Waals surface area contributed by atoms with Gasteiger partial charge in [-0.2, -0.15) is 0 Å². The fraction of sp³-hybridized carbons (Fsp3) is 0.538. The minimum atomic E-state index is -0.312. The lowest BCUT2D eigenvalue weighted by Crippen LogP contribution is -2.56. The van der Waals surface area contributed by atoms with Crippen molar-refractivity contribution >= 4 is 0 Å². The van der Waals surface area contributed by atoms with Gasteiger partial charge >= 0.3 is 0 Å². The fourth-order valence-corrected chi connectivity index (χ4v) is 1.57. The molecule has 0 saturated heterocycles. The van der Waals surface area contributed by atoms with Crippen LogP contribution in [0, 0.1) is 6.92 Å². The average Bonchev–Trinajstić information content (AvgIpc) is 2.07. The summed E-state index contributed by atoms with van der Waals surface area (Å²) in [5, 5.41) is 0. The molecule has 1 heterocycles. The van der Waals surface area contributed by atoms with Gasteiger partial charge in [-0.15, -0.1) is 0 Å². The van der Waals surface area contributed by atoms with E-state index in [1.165, 1.54) is 5.56 Å². The van der Waals surface area contributed by atoms with E-state index in [-0.39, 0.29) is 11.2 Å². The first kappa shape index (κ1) is 10.3. The van der Waals surface area contributed by atoms with Crippen LogP contribution in [-0.2, 0) is 0 Å². The van der Waals surface area contributed by atoms with Crippen LogP contribution >= 0.6 is 0 Å². The molecule has 0 unspecified atom stereocenters. The summed E-state index contributed by atoms with van der Waals surface area (Å²) in [5.41, 5.74) is 0.566. The van der Waals surface area contributed by atoms with E-state index in [9.17, 15) is 0 Å². The van der Waals surface area contributed by atoms with Crippen molar-refractivity contribution in [3.05, 3.63) is 23.8 Å². The first-order valence-corrected chi connectivity index (χ1v) is 5.30. The second-order valence-corrected chi connectivity index (χ2v) is 5.17. The van der Waals surface area contributed by atoms with E-state index in [1.54, 1.807) is 0 Å². The van der Waals surface area contributed by atoms with Gasteiger partial charge in [-0.1, -0.05) is 6.07 Å². The molecule has 0 amide bonds. The van der Waals surface area contributed by atoms with E-state index < -0.39 is 0 Å². The van der Waals surface area contributed by atoms with E-state index >= 15 is 0 Å². The van der Waals surface area contributed by atoms with E-state index in [0.29, 0.717) is 0 Å². The Hall–Kier alpha value is -1.18. The van der Waals surface area contributed by atoms with Crippen LogP contribution in [0.3, 0.4) is 0 Å². The Balaban J connectivity index is 2.47. The van der Waals surface area contributed by atoms with E-state index in [4.69, 9.17) is 9.47 Å². The molecule has 1 aliphatic heterocycles. The summed E-state index contributed by atoms with van der Waals surface area (Å²) >= 11 is 0. The highest BCUT2D eigenvalue weighted by Gasteiger charge is 2.45. The summed E-state index contributed by atoms with van der Waals surface area (Å²) in [6, 6.07) is 6.03. The molecule has 0 radical (unpaired) electrons. The predicted octanol–water partition coefficient (Wildman–Crippen LogP) is 3.32. The molecule has 0 spiro atoms. The Kier molecular flexibility index (Phi) is 2.00. The molecular weight excluding hydrogens is 188 g/mol. The topological polar surface area (TPSA) is 18.5 Å². The Labute approximate surface area is 91.2 Å². The molecule has 0 saturated carbocycles. The molecule has 1 aromatic rings. The summed E-state index contributed by atoms with van der Waals surface area (Å²) in [5.74, 6) is 1.68. The highest BCUT2D eigenvalue weighted by atomic mass is 16.6. The van der Waals surface area contributed by atoms with Crippen molar-refractivity contribution in [3.63, 3.8) is 0 Å². The molecule has 0 aliphatic carbocycles. The van der Waals surface area contributed by atoms with Crippen LogP contribution in [0.2, 0.25) is 0 Å². The number of hydrogen-bond donors (Lipinski definition) is 0. The Morgan fingerprint density at radius 1 is 0.867 bits per heavy atom. The van der Waals surface area contributed by atoms with Gasteiger partial charge in [0, 0.05) is 0 Å². The minimum absolute atomic E-state index is 0.310. The molecule has 0 N–H and O–H groups in total. The maximum absolute atomic E-state index is 5.99. The summed E-state index contributed by atoms with van der Waals surface area (Å²) in [7, 11) is 0. The molecule has 0 bridgehead atoms. The van der Waals surface area contributed by atoms with Crippen molar-refractivity contribution in [2.75, 3.05) is 0 Å². The molecule has 0 atom stereocenters. The van der Waals surface area contributed by atoms with Crippen LogP contribution in [0.4, 0.5) is 0 Å². The third-order valence-corrected chi connectivity index (χ3v) is 3.28. The second-order valence-electron chi connectivity index (χ2n) is 5.17. The molecule has 2 nitrogen and oxygen atoms in total. The first-order chi connectivity index (χ1) is 6.82. The first-order valence-electron chi connectivity index (χ1n) is 5.30. The molecule has 0 aromatic heterocycles. The van der Waals surface area contributed by atoms with Gasteiger partial charge in [-0.25, -0.2) is 0 Å². The summed E-state index contributed by atoms with van der Waals surface area (Å²) in [4.78, 5) is 0. The zero-order chi connectivity index (χ0) is 11.3. The number of aryl methyl sites for hydroxylation is 1. The Bertz CT molecular complexity index is 392. The summed E-state index contributed by atoms with van der Waals surface area (Å²) in [6.07, 6.45) is 0. The molecule has 1 aliphatic rings. The van der Waals surface area contributed by atoms with Gasteiger partial charge in [0.05, 0.1) is 0 Å². The lowest BCUT2D eigenvalue weighted by atomic mass is 9.88. The maximum atomic E-state index is 5.99. The van der Waals surface area contributed by atoms with Crippen LogP contribution in [0.1, 0.15) is 33.3 Å². The average molecular weight is 206 g/mol. The van der Waals surface area contributed by atoms with E-state index in [1.807, 2.05) is 18.2 Å². The molecular formula is C13H18O2. The zero-order valence-corrected chi connectivity index (χ0v) is 10.0. The summed E-state index contributed by atoms with van der Waals surface area (Å²) in [6.45, 7) is 10.3. The van der Waals surface area contributed by atoms with Gasteiger partial charge in [-0.05, 0) is 52.3 Å². The normalized spacial score (nSPS) is 21.1. The third kappa shape index (κ3) is 1.58. The standard InChI is InChI=1S/C13H18O2/c1-9-6-7-10-11(8-9)15-13(4,5)12(2,3)14-10/h6-8H,1-5H3. The number of hydrogen-bond acceptors (Lipinski definition) is 2. The van der Waals surface area contributed by atoms with Crippen LogP contribution in [0.15, 0.2) is 18.2 Å². The number of benzene rings is 1. The van der Waals surface area contributed by atoms with Crippen LogP contribution in [-0.4, -0.2) is 11.2 Å². The monoisotopic (exact) mass is 206 g/mol. The van der Waals surface area contributed by atoms with Crippen molar-refractivity contribution in [1.29, 1.82) is 0 Å². The van der Waals surface area contributed by atoms with E-state index in [0.717, 1.165) is 11.5 Å². The van der Waals surface area contributed by atoms with Crippen LogP contribution in [0.5, 0.6) is 11.5 Å². The fourth-order valence-electron chi connectivity index (χ4n) is 1.57. The van der Waals surface area contributed by atoms with E-state index in [2.05, 4.69) is 34.6 Å². The molecule has 1 aromatic carbocycles. The van der Waals surface area contributed by atoms with Gasteiger partial charge in [0.1, 0.15) is 11.2 Å². The third-order valence-electron chi connectivity index (χ3n) is 3.28. The molecule has 0 fully saturated rings. The smallest absolute Gasteiger partial charge is 0.162 e. The summed E-state index contributed by atoms with van der Waals surface area (Å²) < 4.78 is 12.0. The SMILES string of the molecule is Cc1ccc2c(c1)OC(C)(C)C(C)(C)O2. The Morgan fingerprint density at radius 2 is 1.40 bits per heavy atom. The van der Waals surface area contributed by atoms with Crippen LogP contribution in [0.25, 0.3) is 0 Å². The molecule has 2 heteroatoms. The zero-order valence-electron chi connectivity index (χ0n) is 10.0. The molecule has 15 heavy (non-hydrogen) atoms. The minimum Gasteiger partial charge on any atom is -0.480 e. The van der Waals surface area contributed by atoms with Gasteiger partial charge in [0.25, 0.3) is 0 Å². The Morgan fingerprint density at radius 3 is 2.00 bits per heavy atom. The van der Waals surface area contributed by atoms with Crippen molar-refractivity contribution in [2.45, 2.75) is 45.8 Å². The molecule has 2 rings (SSSR count). The van der Waals surface area contributed by atoms with Gasteiger partial charge < -0.3 is 9.47 Å². The van der Waals surface area contributed by atoms with Crippen LogP contribution < -0.4 is 9.47 Å².